The number of morpholine rings is 1. The average molecular weight is 303 g/mol. The van der Waals surface area contributed by atoms with E-state index in [4.69, 9.17) is 10.00 Å². The van der Waals surface area contributed by atoms with Crippen molar-refractivity contribution in [3.8, 4) is 6.07 Å². The van der Waals surface area contributed by atoms with Gasteiger partial charge in [0.05, 0.1) is 6.61 Å². The number of hydrogen-bond acceptors (Lipinski definition) is 6. The number of nitrogens with zero attached hydrogens (tertiary/aromatic N) is 5. The predicted octanol–water partition coefficient (Wildman–Crippen LogP) is 1.80. The molecule has 0 bridgehead atoms. The lowest BCUT2D eigenvalue weighted by Crippen LogP contribution is -2.38. The summed E-state index contributed by atoms with van der Waals surface area (Å²) in [5.74, 6) is 0.895. The second-order valence-electron chi connectivity index (χ2n) is 4.95. The standard InChI is InChI=1S/C14H17N5OS/c1-2-19-10-16-17-14(19)13-9-18(5-6-20-13)8-12-4-3-11(7-15)21-12/h3-4,10,13H,2,5-6,8-9H2,1H3. The number of thiophene rings is 1. The van der Waals surface area contributed by atoms with Gasteiger partial charge in [-0.3, -0.25) is 4.90 Å². The molecule has 0 spiro atoms. The molecule has 2 aromatic heterocycles. The Kier molecular flexibility index (Phi) is 4.29. The van der Waals surface area contributed by atoms with Gasteiger partial charge in [0.25, 0.3) is 0 Å². The molecule has 0 radical (unpaired) electrons. The molecular weight excluding hydrogens is 286 g/mol. The van der Waals surface area contributed by atoms with Crippen molar-refractivity contribution in [2.75, 3.05) is 19.7 Å². The number of aromatic nitrogens is 3. The van der Waals surface area contributed by atoms with Gasteiger partial charge in [-0.15, -0.1) is 21.5 Å². The van der Waals surface area contributed by atoms with Gasteiger partial charge in [0.1, 0.15) is 23.4 Å². The predicted molar refractivity (Wildman–Crippen MR) is 78.7 cm³/mol. The van der Waals surface area contributed by atoms with Crippen LogP contribution in [0.3, 0.4) is 0 Å². The van der Waals surface area contributed by atoms with Crippen molar-refractivity contribution in [1.29, 1.82) is 5.26 Å². The third-order valence-corrected chi connectivity index (χ3v) is 4.55. The van der Waals surface area contributed by atoms with E-state index in [0.717, 1.165) is 36.9 Å². The molecule has 0 amide bonds. The van der Waals surface area contributed by atoms with Crippen LogP contribution in [0.4, 0.5) is 0 Å². The molecular formula is C14H17N5OS. The Morgan fingerprint density at radius 1 is 1.52 bits per heavy atom. The fraction of sp³-hybridized carbons (Fsp3) is 0.500. The Morgan fingerprint density at radius 2 is 2.43 bits per heavy atom. The quantitative estimate of drug-likeness (QED) is 0.861. The summed E-state index contributed by atoms with van der Waals surface area (Å²) in [5, 5.41) is 17.1. The minimum Gasteiger partial charge on any atom is -0.368 e. The number of nitriles is 1. The molecule has 2 aromatic rings. The summed E-state index contributed by atoms with van der Waals surface area (Å²) in [6.07, 6.45) is 1.72. The molecule has 6 nitrogen and oxygen atoms in total. The SMILES string of the molecule is CCn1cnnc1C1CN(Cc2ccc(C#N)s2)CCO1. The lowest BCUT2D eigenvalue weighted by atomic mass is 10.2. The highest BCUT2D eigenvalue weighted by atomic mass is 32.1. The topological polar surface area (TPSA) is 67.0 Å². The molecule has 1 unspecified atom stereocenters. The van der Waals surface area contributed by atoms with E-state index < -0.39 is 0 Å². The van der Waals surface area contributed by atoms with Crippen molar-refractivity contribution in [3.63, 3.8) is 0 Å². The van der Waals surface area contributed by atoms with Crippen LogP contribution in [0.2, 0.25) is 0 Å². The monoisotopic (exact) mass is 303 g/mol. The summed E-state index contributed by atoms with van der Waals surface area (Å²) in [7, 11) is 0. The van der Waals surface area contributed by atoms with E-state index >= 15 is 0 Å². The van der Waals surface area contributed by atoms with E-state index in [1.54, 1.807) is 17.7 Å². The zero-order valence-electron chi connectivity index (χ0n) is 11.9. The first kappa shape index (κ1) is 14.2. The molecule has 1 fully saturated rings. The lowest BCUT2D eigenvalue weighted by molar-refractivity contribution is -0.0385. The van der Waals surface area contributed by atoms with Crippen LogP contribution in [0, 0.1) is 11.3 Å². The Hall–Kier alpha value is -1.75. The molecule has 1 atom stereocenters. The molecule has 7 heteroatoms. The zero-order valence-corrected chi connectivity index (χ0v) is 12.7. The normalized spacial score (nSPS) is 19.5. The molecule has 0 aliphatic carbocycles. The number of rotatable bonds is 4. The second-order valence-corrected chi connectivity index (χ2v) is 6.12. The smallest absolute Gasteiger partial charge is 0.163 e. The molecule has 1 aliphatic rings. The van der Waals surface area contributed by atoms with Crippen LogP contribution < -0.4 is 0 Å². The van der Waals surface area contributed by atoms with Gasteiger partial charge in [-0.05, 0) is 19.1 Å². The summed E-state index contributed by atoms with van der Waals surface area (Å²) in [6, 6.07) is 6.10. The number of aryl methyl sites for hydroxylation is 1. The van der Waals surface area contributed by atoms with Crippen molar-refractivity contribution in [2.24, 2.45) is 0 Å². The Balaban J connectivity index is 1.67. The summed E-state index contributed by atoms with van der Waals surface area (Å²) in [4.78, 5) is 4.32. The molecule has 3 heterocycles. The molecule has 0 aromatic carbocycles. The van der Waals surface area contributed by atoms with Gasteiger partial charge in [0.15, 0.2) is 5.82 Å². The van der Waals surface area contributed by atoms with E-state index in [9.17, 15) is 0 Å². The molecule has 1 aliphatic heterocycles. The van der Waals surface area contributed by atoms with E-state index in [1.807, 2.05) is 16.7 Å². The van der Waals surface area contributed by atoms with E-state index in [1.165, 1.54) is 4.88 Å². The van der Waals surface area contributed by atoms with Crippen molar-refractivity contribution < 1.29 is 4.74 Å². The molecule has 110 valence electrons. The van der Waals surface area contributed by atoms with Gasteiger partial charge in [0, 0.05) is 31.1 Å². The van der Waals surface area contributed by atoms with Gasteiger partial charge in [-0.25, -0.2) is 0 Å². The van der Waals surface area contributed by atoms with Gasteiger partial charge < -0.3 is 9.30 Å². The first-order chi connectivity index (χ1) is 10.3. The highest BCUT2D eigenvalue weighted by Crippen LogP contribution is 2.23. The number of ether oxygens (including phenoxy) is 1. The van der Waals surface area contributed by atoms with Crippen LogP contribution in [-0.4, -0.2) is 39.4 Å². The van der Waals surface area contributed by atoms with Crippen LogP contribution in [0.15, 0.2) is 18.5 Å². The van der Waals surface area contributed by atoms with Crippen LogP contribution in [0.25, 0.3) is 0 Å². The van der Waals surface area contributed by atoms with E-state index in [2.05, 4.69) is 28.1 Å². The first-order valence-corrected chi connectivity index (χ1v) is 7.82. The second kappa shape index (κ2) is 6.35. The summed E-state index contributed by atoms with van der Waals surface area (Å²) >= 11 is 1.56. The van der Waals surface area contributed by atoms with Crippen LogP contribution >= 0.6 is 11.3 Å². The van der Waals surface area contributed by atoms with Crippen LogP contribution in [0.1, 0.15) is 28.6 Å². The maximum absolute atomic E-state index is 8.89. The first-order valence-electron chi connectivity index (χ1n) is 7.00. The van der Waals surface area contributed by atoms with E-state index in [-0.39, 0.29) is 6.10 Å². The van der Waals surface area contributed by atoms with Gasteiger partial charge in [-0.1, -0.05) is 0 Å². The summed E-state index contributed by atoms with van der Waals surface area (Å²) in [6.45, 7) is 6.17. The maximum Gasteiger partial charge on any atom is 0.163 e. The van der Waals surface area contributed by atoms with Gasteiger partial charge >= 0.3 is 0 Å². The van der Waals surface area contributed by atoms with Gasteiger partial charge in [0.2, 0.25) is 0 Å². The minimum atomic E-state index is -0.0309. The Morgan fingerprint density at radius 3 is 3.19 bits per heavy atom. The fourth-order valence-corrected chi connectivity index (χ4v) is 3.35. The molecule has 3 rings (SSSR count). The van der Waals surface area contributed by atoms with Crippen molar-refractivity contribution in [2.45, 2.75) is 26.1 Å². The lowest BCUT2D eigenvalue weighted by Gasteiger charge is -2.32. The molecule has 1 saturated heterocycles. The Labute approximate surface area is 127 Å². The zero-order chi connectivity index (χ0) is 14.7. The number of hydrogen-bond donors (Lipinski definition) is 0. The molecule has 21 heavy (non-hydrogen) atoms. The minimum absolute atomic E-state index is 0.0309. The average Bonchev–Trinajstić information content (AvgIpc) is 3.15. The summed E-state index contributed by atoms with van der Waals surface area (Å²) < 4.78 is 7.87. The third kappa shape index (κ3) is 3.13. The van der Waals surface area contributed by atoms with Crippen molar-refractivity contribution >= 4 is 11.3 Å². The maximum atomic E-state index is 8.89. The third-order valence-electron chi connectivity index (χ3n) is 3.58. The molecule has 0 N–H and O–H groups in total. The van der Waals surface area contributed by atoms with Gasteiger partial charge in [-0.2, -0.15) is 5.26 Å². The molecule has 0 saturated carbocycles. The van der Waals surface area contributed by atoms with E-state index in [0.29, 0.717) is 6.61 Å². The Bertz CT molecular complexity index is 644. The fourth-order valence-electron chi connectivity index (χ4n) is 2.50. The van der Waals surface area contributed by atoms with Crippen LogP contribution in [-0.2, 0) is 17.8 Å². The summed E-state index contributed by atoms with van der Waals surface area (Å²) in [5.41, 5.74) is 0. The van der Waals surface area contributed by atoms with Crippen molar-refractivity contribution in [1.82, 2.24) is 19.7 Å². The van der Waals surface area contributed by atoms with Crippen LogP contribution in [0.5, 0.6) is 0 Å². The van der Waals surface area contributed by atoms with Crippen molar-refractivity contribution in [3.05, 3.63) is 34.0 Å². The highest BCUT2D eigenvalue weighted by Gasteiger charge is 2.26. The highest BCUT2D eigenvalue weighted by molar-refractivity contribution is 7.12. The largest absolute Gasteiger partial charge is 0.368 e.